The minimum Gasteiger partial charge on any atom is -0.506 e. The lowest BCUT2D eigenvalue weighted by Crippen LogP contribution is -2.35. The van der Waals surface area contributed by atoms with E-state index in [1.165, 1.54) is 24.3 Å². The van der Waals surface area contributed by atoms with Gasteiger partial charge < -0.3 is 20.5 Å². The van der Waals surface area contributed by atoms with E-state index in [0.29, 0.717) is 17.8 Å². The maximum absolute atomic E-state index is 14.4. The van der Waals surface area contributed by atoms with Crippen molar-refractivity contribution in [1.82, 2.24) is 0 Å². The first-order valence-electron chi connectivity index (χ1n) is 11.7. The molecule has 0 aromatic heterocycles. The van der Waals surface area contributed by atoms with Gasteiger partial charge in [0.15, 0.2) is 9.84 Å². The lowest BCUT2D eigenvalue weighted by Gasteiger charge is -2.35. The fourth-order valence-corrected chi connectivity index (χ4v) is 7.31. The summed E-state index contributed by atoms with van der Waals surface area (Å²) in [5.74, 6) is -1.93. The topological polar surface area (TPSA) is 87.7 Å². The molecule has 2 aliphatic rings. The summed E-state index contributed by atoms with van der Waals surface area (Å²) in [6.45, 7) is 3.60. The quantitative estimate of drug-likeness (QED) is 0.242. The molecular weight excluding hydrogens is 524 g/mol. The van der Waals surface area contributed by atoms with Crippen molar-refractivity contribution >= 4 is 21.2 Å². The molecule has 3 N–H and O–H groups in total. The zero-order valence-electron chi connectivity index (χ0n) is 20.4. The summed E-state index contributed by atoms with van der Waals surface area (Å²) in [6, 6.07) is 11.3. The van der Waals surface area contributed by atoms with Crippen molar-refractivity contribution in [2.45, 2.75) is 32.5 Å². The maximum atomic E-state index is 14.4. The van der Waals surface area contributed by atoms with Gasteiger partial charge in [0.05, 0.1) is 28.0 Å². The van der Waals surface area contributed by atoms with Crippen molar-refractivity contribution in [3.63, 3.8) is 0 Å². The Labute approximate surface area is 216 Å². The number of hydrogen-bond acceptors (Lipinski definition) is 6. The Morgan fingerprint density at radius 2 is 1.76 bits per heavy atom. The Balaban J connectivity index is 1.72. The van der Waals surface area contributed by atoms with E-state index in [-0.39, 0.29) is 33.4 Å². The summed E-state index contributed by atoms with van der Waals surface area (Å²) < 4.78 is 88.4. The zero-order chi connectivity index (χ0) is 27.5. The standard InChI is InChI=1S/C27H24F4N2O4S/c1-26(2)13-19-25(38(35,36)14-26)23(32-18-7-5-8-20(34)24(18)33-19)16-11-10-15(28)12-22(16)37-21-9-4-3-6-17(21)27(29,30)31/h3-12,23,32-34H,13-14H2,1-2H3/t23-/m1/s1. The van der Waals surface area contributed by atoms with Gasteiger partial charge >= 0.3 is 6.18 Å². The van der Waals surface area contributed by atoms with Crippen LogP contribution in [0.15, 0.2) is 71.3 Å². The highest BCUT2D eigenvalue weighted by Crippen LogP contribution is 2.50. The number of anilines is 2. The third-order valence-corrected chi connectivity index (χ3v) is 8.76. The molecule has 2 aliphatic heterocycles. The smallest absolute Gasteiger partial charge is 0.419 e. The van der Waals surface area contributed by atoms with Gasteiger partial charge in [-0.2, -0.15) is 13.2 Å². The molecule has 0 bridgehead atoms. The summed E-state index contributed by atoms with van der Waals surface area (Å²) in [7, 11) is -3.93. The summed E-state index contributed by atoms with van der Waals surface area (Å²) in [4.78, 5) is -0.0482. The second-order valence-corrected chi connectivity index (χ2v) is 12.1. The normalized spacial score (nSPS) is 19.9. The molecule has 200 valence electrons. The van der Waals surface area contributed by atoms with Crippen molar-refractivity contribution in [1.29, 1.82) is 0 Å². The van der Waals surface area contributed by atoms with Crippen molar-refractivity contribution < 1.29 is 35.8 Å². The Morgan fingerprint density at radius 3 is 2.50 bits per heavy atom. The second kappa shape index (κ2) is 8.93. The molecule has 38 heavy (non-hydrogen) atoms. The minimum absolute atomic E-state index is 0.0482. The molecule has 3 aromatic rings. The molecule has 0 spiro atoms. The van der Waals surface area contributed by atoms with Crippen molar-refractivity contribution in [3.05, 3.63) is 88.2 Å². The van der Waals surface area contributed by atoms with Crippen LogP contribution >= 0.6 is 0 Å². The third-order valence-electron chi connectivity index (χ3n) is 6.45. The highest BCUT2D eigenvalue weighted by Gasteiger charge is 2.44. The van der Waals surface area contributed by atoms with Crippen LogP contribution in [0.25, 0.3) is 0 Å². The molecule has 2 heterocycles. The summed E-state index contributed by atoms with van der Waals surface area (Å²) in [5, 5.41) is 16.7. The molecule has 0 saturated carbocycles. The van der Waals surface area contributed by atoms with E-state index in [4.69, 9.17) is 4.74 Å². The largest absolute Gasteiger partial charge is 0.506 e. The van der Waals surface area contributed by atoms with Crippen LogP contribution in [0.5, 0.6) is 17.2 Å². The van der Waals surface area contributed by atoms with Gasteiger partial charge in [-0.3, -0.25) is 0 Å². The first-order valence-corrected chi connectivity index (χ1v) is 13.4. The van der Waals surface area contributed by atoms with Crippen molar-refractivity contribution in [3.8, 4) is 17.2 Å². The van der Waals surface area contributed by atoms with Crippen LogP contribution in [-0.4, -0.2) is 19.3 Å². The molecular formula is C27H24F4N2O4S. The summed E-state index contributed by atoms with van der Waals surface area (Å²) in [6.07, 6.45) is -4.43. The average Bonchev–Trinajstić information content (AvgIpc) is 2.95. The Kier molecular flexibility index (Phi) is 6.09. The summed E-state index contributed by atoms with van der Waals surface area (Å²) >= 11 is 0. The van der Waals surface area contributed by atoms with E-state index in [2.05, 4.69) is 10.6 Å². The molecule has 6 nitrogen and oxygen atoms in total. The van der Waals surface area contributed by atoms with Gasteiger partial charge in [0, 0.05) is 17.3 Å². The fourth-order valence-electron chi connectivity index (χ4n) is 4.98. The molecule has 1 atom stereocenters. The van der Waals surface area contributed by atoms with Crippen LogP contribution in [0, 0.1) is 11.2 Å². The highest BCUT2D eigenvalue weighted by molar-refractivity contribution is 7.95. The lowest BCUT2D eigenvalue weighted by atomic mass is 9.88. The van der Waals surface area contributed by atoms with Crippen LogP contribution in [0.1, 0.15) is 37.4 Å². The molecule has 0 aliphatic carbocycles. The van der Waals surface area contributed by atoms with E-state index in [1.54, 1.807) is 26.0 Å². The van der Waals surface area contributed by atoms with E-state index < -0.39 is 44.6 Å². The first-order chi connectivity index (χ1) is 17.7. The van der Waals surface area contributed by atoms with Crippen LogP contribution in [0.4, 0.5) is 28.9 Å². The maximum Gasteiger partial charge on any atom is 0.419 e. The monoisotopic (exact) mass is 548 g/mol. The number of aromatic hydroxyl groups is 1. The Bertz CT molecular complexity index is 1570. The number of rotatable bonds is 3. The summed E-state index contributed by atoms with van der Waals surface area (Å²) in [5.41, 5.74) is -0.668. The molecule has 0 radical (unpaired) electrons. The van der Waals surface area contributed by atoms with E-state index in [1.807, 2.05) is 0 Å². The average molecular weight is 549 g/mol. The number of alkyl halides is 3. The van der Waals surface area contributed by atoms with Crippen molar-refractivity contribution in [2.75, 3.05) is 16.4 Å². The number of phenolic OH excluding ortho intramolecular Hbond substituents is 1. The minimum atomic E-state index is -4.74. The number of nitrogens with one attached hydrogen (secondary N) is 2. The van der Waals surface area contributed by atoms with E-state index >= 15 is 0 Å². The first kappa shape index (κ1) is 25.9. The number of fused-ring (bicyclic) bond motifs is 1. The Morgan fingerprint density at radius 1 is 1.03 bits per heavy atom. The van der Waals surface area contributed by atoms with Crippen molar-refractivity contribution in [2.24, 2.45) is 5.41 Å². The number of ether oxygens (including phenoxy) is 1. The van der Waals surface area contributed by atoms with Crippen LogP contribution in [-0.2, 0) is 16.0 Å². The molecule has 3 aromatic carbocycles. The third kappa shape index (κ3) is 4.78. The number of hydrogen-bond donors (Lipinski definition) is 3. The molecule has 11 heteroatoms. The van der Waals surface area contributed by atoms with Crippen LogP contribution < -0.4 is 15.4 Å². The van der Waals surface area contributed by atoms with Gasteiger partial charge in [0.25, 0.3) is 0 Å². The van der Waals surface area contributed by atoms with Gasteiger partial charge in [0.1, 0.15) is 28.8 Å². The number of benzene rings is 3. The predicted molar refractivity (Wildman–Crippen MR) is 135 cm³/mol. The van der Waals surface area contributed by atoms with E-state index in [0.717, 1.165) is 24.3 Å². The molecule has 0 fully saturated rings. The Hall–Kier alpha value is -3.73. The van der Waals surface area contributed by atoms with Gasteiger partial charge in [-0.15, -0.1) is 0 Å². The lowest BCUT2D eigenvalue weighted by molar-refractivity contribution is -0.138. The van der Waals surface area contributed by atoms with Crippen LogP contribution in [0.3, 0.4) is 0 Å². The molecule has 0 unspecified atom stereocenters. The zero-order valence-corrected chi connectivity index (χ0v) is 21.2. The van der Waals surface area contributed by atoms with Gasteiger partial charge in [-0.1, -0.05) is 32.0 Å². The SMILES string of the molecule is CC1(C)CC2=C([C@@H](c3ccc(F)cc3Oc3ccccc3C(F)(F)F)Nc3cccc(O)c3N2)S(=O)(=O)C1. The number of halogens is 4. The van der Waals surface area contributed by atoms with Gasteiger partial charge in [0.2, 0.25) is 0 Å². The second-order valence-electron chi connectivity index (χ2n) is 10.1. The number of para-hydroxylation sites is 2. The molecule has 5 rings (SSSR count). The molecule has 0 saturated heterocycles. The number of phenols is 1. The highest BCUT2D eigenvalue weighted by atomic mass is 32.2. The molecule has 0 amide bonds. The van der Waals surface area contributed by atoms with Gasteiger partial charge in [-0.25, -0.2) is 12.8 Å². The fraction of sp³-hybridized carbons (Fsp3) is 0.259. The van der Waals surface area contributed by atoms with Crippen LogP contribution in [0.2, 0.25) is 0 Å². The van der Waals surface area contributed by atoms with E-state index in [9.17, 15) is 31.1 Å². The number of allylic oxidation sites excluding steroid dienone is 1. The van der Waals surface area contributed by atoms with Gasteiger partial charge in [-0.05, 0) is 48.2 Å². The number of sulfone groups is 1. The predicted octanol–water partition coefficient (Wildman–Crippen LogP) is 6.98.